The van der Waals surface area contributed by atoms with Crippen molar-refractivity contribution in [2.45, 2.75) is 26.2 Å². The molecule has 0 aliphatic heterocycles. The Morgan fingerprint density at radius 2 is 1.70 bits per heavy atom. The third kappa shape index (κ3) is 1.54. The molecule has 2 aromatic rings. The Labute approximate surface area is 119 Å². The van der Waals surface area contributed by atoms with Crippen LogP contribution in [0, 0.1) is 13.8 Å². The number of rotatable bonds is 0. The highest BCUT2D eigenvalue weighted by Crippen LogP contribution is 2.37. The number of hydrogen-bond acceptors (Lipinski definition) is 0. The van der Waals surface area contributed by atoms with Crippen molar-refractivity contribution in [3.05, 3.63) is 75.2 Å². The van der Waals surface area contributed by atoms with Gasteiger partial charge in [0.25, 0.3) is 0 Å². The van der Waals surface area contributed by atoms with E-state index in [1.54, 1.807) is 0 Å². The minimum absolute atomic E-state index is 0.532. The molecular weight excluding hydrogens is 240 g/mol. The van der Waals surface area contributed by atoms with Crippen LogP contribution in [-0.4, -0.2) is 0 Å². The first-order chi connectivity index (χ1) is 9.75. The molecule has 2 aliphatic rings. The Bertz CT molecular complexity index is 850. The van der Waals surface area contributed by atoms with Gasteiger partial charge in [-0.05, 0) is 58.5 Å². The zero-order chi connectivity index (χ0) is 13.7. The Morgan fingerprint density at radius 3 is 2.60 bits per heavy atom. The van der Waals surface area contributed by atoms with Crippen molar-refractivity contribution in [3.8, 4) is 0 Å². The molecule has 98 valence electrons. The van der Waals surface area contributed by atoms with Crippen molar-refractivity contribution in [1.82, 2.24) is 0 Å². The van der Waals surface area contributed by atoms with Crippen molar-refractivity contribution in [3.63, 3.8) is 0 Å². The number of hydrogen-bond donors (Lipinski definition) is 0. The molecule has 2 aromatic carbocycles. The molecule has 0 amide bonds. The molecule has 0 nitrogen and oxygen atoms in total. The maximum absolute atomic E-state index is 2.43. The molecule has 0 spiro atoms. The summed E-state index contributed by atoms with van der Waals surface area (Å²) >= 11 is 0. The topological polar surface area (TPSA) is 0 Å². The maximum atomic E-state index is 2.43. The zero-order valence-corrected chi connectivity index (χ0v) is 12.0. The van der Waals surface area contributed by atoms with Gasteiger partial charge >= 0.3 is 0 Å². The van der Waals surface area contributed by atoms with E-state index < -0.39 is 0 Å². The van der Waals surface area contributed by atoms with Crippen LogP contribution in [0.4, 0.5) is 0 Å². The number of allylic oxidation sites excluding steroid dienone is 1. The molecule has 0 saturated carbocycles. The van der Waals surface area contributed by atoms with Crippen molar-refractivity contribution >= 4 is 17.7 Å². The fraction of sp³-hybridized carbons (Fsp3) is 0.200. The molecule has 0 heterocycles. The lowest BCUT2D eigenvalue weighted by molar-refractivity contribution is 0.885. The van der Waals surface area contributed by atoms with Crippen LogP contribution >= 0.6 is 0 Å². The van der Waals surface area contributed by atoms with Gasteiger partial charge in [-0.2, -0.15) is 0 Å². The predicted octanol–water partition coefficient (Wildman–Crippen LogP) is 3.45. The molecule has 0 saturated heterocycles. The average Bonchev–Trinajstić information content (AvgIpc) is 2.50. The van der Waals surface area contributed by atoms with Crippen LogP contribution < -0.4 is 10.4 Å². The standard InChI is InChI=1S/C20H18/c1-13-7-8-14(2)20-16(13)11-12-18-17-6-4-3-5-15(17)9-10-19(18)20/h3-11,18H,12H2,1-2H3. The molecule has 0 N–H and O–H groups in total. The molecule has 0 fully saturated rings. The second-order valence-electron chi connectivity index (χ2n) is 5.90. The second-order valence-corrected chi connectivity index (χ2v) is 5.90. The Balaban J connectivity index is 2.11. The highest BCUT2D eigenvalue weighted by atomic mass is 14.3. The molecule has 0 bridgehead atoms. The van der Waals surface area contributed by atoms with E-state index in [9.17, 15) is 0 Å². The molecule has 0 heteroatoms. The van der Waals surface area contributed by atoms with Gasteiger partial charge in [0.05, 0.1) is 0 Å². The molecular formula is C20H18. The fourth-order valence-corrected chi connectivity index (χ4v) is 3.67. The molecule has 20 heavy (non-hydrogen) atoms. The van der Waals surface area contributed by atoms with Crippen LogP contribution in [-0.2, 0) is 0 Å². The fourth-order valence-electron chi connectivity index (χ4n) is 3.67. The Kier molecular flexibility index (Phi) is 2.47. The summed E-state index contributed by atoms with van der Waals surface area (Å²) in [5.41, 5.74) is 7.15. The molecule has 0 radical (unpaired) electrons. The van der Waals surface area contributed by atoms with Gasteiger partial charge in [0, 0.05) is 5.92 Å². The molecule has 0 aromatic heterocycles. The van der Waals surface area contributed by atoms with E-state index >= 15 is 0 Å². The highest BCUT2D eigenvalue weighted by molar-refractivity contribution is 5.80. The van der Waals surface area contributed by atoms with Crippen LogP contribution in [0.3, 0.4) is 0 Å². The third-order valence-electron chi connectivity index (χ3n) is 4.71. The third-order valence-corrected chi connectivity index (χ3v) is 4.71. The van der Waals surface area contributed by atoms with Gasteiger partial charge in [-0.15, -0.1) is 0 Å². The maximum Gasteiger partial charge on any atom is 0.0136 e. The summed E-state index contributed by atoms with van der Waals surface area (Å²) in [6.45, 7) is 4.45. The van der Waals surface area contributed by atoms with Crippen molar-refractivity contribution < 1.29 is 0 Å². The van der Waals surface area contributed by atoms with Gasteiger partial charge in [-0.1, -0.05) is 54.6 Å². The van der Waals surface area contributed by atoms with Gasteiger partial charge in [0.15, 0.2) is 0 Å². The van der Waals surface area contributed by atoms with E-state index in [0.717, 1.165) is 6.42 Å². The Morgan fingerprint density at radius 1 is 0.900 bits per heavy atom. The van der Waals surface area contributed by atoms with E-state index in [-0.39, 0.29) is 0 Å². The smallest absolute Gasteiger partial charge is 0.0136 e. The van der Waals surface area contributed by atoms with Crippen LogP contribution in [0.15, 0.2) is 42.5 Å². The summed E-state index contributed by atoms with van der Waals surface area (Å²) in [4.78, 5) is 0. The normalized spacial score (nSPS) is 18.9. The highest BCUT2D eigenvalue weighted by Gasteiger charge is 2.23. The van der Waals surface area contributed by atoms with Gasteiger partial charge < -0.3 is 0 Å². The van der Waals surface area contributed by atoms with E-state index in [1.165, 1.54) is 38.3 Å². The largest absolute Gasteiger partial charge is 0.0754 e. The van der Waals surface area contributed by atoms with E-state index in [4.69, 9.17) is 0 Å². The lowest BCUT2D eigenvalue weighted by Crippen LogP contribution is -2.36. The van der Waals surface area contributed by atoms with Crippen molar-refractivity contribution in [2.24, 2.45) is 0 Å². The molecule has 1 unspecified atom stereocenters. The zero-order valence-electron chi connectivity index (χ0n) is 12.0. The van der Waals surface area contributed by atoms with E-state index in [1.807, 2.05) is 0 Å². The average molecular weight is 258 g/mol. The lowest BCUT2D eigenvalue weighted by Gasteiger charge is -2.27. The van der Waals surface area contributed by atoms with E-state index in [0.29, 0.717) is 5.92 Å². The molecule has 4 rings (SSSR count). The Hall–Kier alpha value is -2.08. The molecule has 1 atom stereocenters. The number of benzene rings is 2. The SMILES string of the molecule is Cc1ccc(C)c2c1=CCC1C=2C=Cc2ccccc21. The minimum Gasteiger partial charge on any atom is -0.0754 e. The predicted molar refractivity (Wildman–Crippen MR) is 85.9 cm³/mol. The quantitative estimate of drug-likeness (QED) is 0.679. The van der Waals surface area contributed by atoms with Crippen molar-refractivity contribution in [2.75, 3.05) is 0 Å². The second kappa shape index (κ2) is 4.21. The number of aryl methyl sites for hydroxylation is 2. The van der Waals surface area contributed by atoms with Gasteiger partial charge in [-0.3, -0.25) is 0 Å². The van der Waals surface area contributed by atoms with Crippen LogP contribution in [0.5, 0.6) is 0 Å². The summed E-state index contributed by atoms with van der Waals surface area (Å²) < 4.78 is 0. The summed E-state index contributed by atoms with van der Waals surface area (Å²) in [5, 5.41) is 2.91. The summed E-state index contributed by atoms with van der Waals surface area (Å²) in [5.74, 6) is 0.532. The van der Waals surface area contributed by atoms with E-state index in [2.05, 4.69) is 68.5 Å². The summed E-state index contributed by atoms with van der Waals surface area (Å²) in [6.07, 6.45) is 8.17. The van der Waals surface area contributed by atoms with Gasteiger partial charge in [0.1, 0.15) is 0 Å². The van der Waals surface area contributed by atoms with Gasteiger partial charge in [-0.25, -0.2) is 0 Å². The van der Waals surface area contributed by atoms with Crippen molar-refractivity contribution in [1.29, 1.82) is 0 Å². The summed E-state index contributed by atoms with van der Waals surface area (Å²) in [6, 6.07) is 13.3. The van der Waals surface area contributed by atoms with Crippen LogP contribution in [0.1, 0.15) is 34.6 Å². The minimum atomic E-state index is 0.532. The van der Waals surface area contributed by atoms with Crippen LogP contribution in [0.2, 0.25) is 0 Å². The first-order valence-corrected chi connectivity index (χ1v) is 7.33. The first-order valence-electron chi connectivity index (χ1n) is 7.33. The summed E-state index contributed by atoms with van der Waals surface area (Å²) in [7, 11) is 0. The van der Waals surface area contributed by atoms with Crippen LogP contribution in [0.25, 0.3) is 17.7 Å². The monoisotopic (exact) mass is 258 g/mol. The number of fused-ring (bicyclic) bond motifs is 4. The first kappa shape index (κ1) is 11.7. The molecule has 2 aliphatic carbocycles. The van der Waals surface area contributed by atoms with Gasteiger partial charge in [0.2, 0.25) is 0 Å². The lowest BCUT2D eigenvalue weighted by atomic mass is 9.77.